The molecule has 1 aromatic rings. The van der Waals surface area contributed by atoms with Crippen LogP contribution in [0.25, 0.3) is 0 Å². The van der Waals surface area contributed by atoms with Crippen LogP contribution in [-0.4, -0.2) is 6.21 Å². The number of rotatable bonds is 2. The molecule has 0 saturated heterocycles. The van der Waals surface area contributed by atoms with Crippen LogP contribution in [0.5, 0.6) is 0 Å². The normalized spacial score (nSPS) is 20.6. The highest BCUT2D eigenvalue weighted by atomic mass is 14.7. The van der Waals surface area contributed by atoms with Gasteiger partial charge in [-0.05, 0) is 17.9 Å². The quantitative estimate of drug-likeness (QED) is 0.670. The van der Waals surface area contributed by atoms with Crippen LogP contribution in [0.2, 0.25) is 0 Å². The molecule has 1 atom stereocenters. The topological polar surface area (TPSA) is 12.4 Å². The van der Waals surface area contributed by atoms with Gasteiger partial charge in [0.25, 0.3) is 0 Å². The minimum Gasteiger partial charge on any atom is -0.266 e. The van der Waals surface area contributed by atoms with E-state index < -0.39 is 0 Å². The SMILES string of the molecule is CC1C=C(Cc2ccccc2)N=CC1. The molecule has 0 aliphatic carbocycles. The molecule has 0 saturated carbocycles. The molecule has 2 rings (SSSR count). The van der Waals surface area contributed by atoms with Crippen molar-refractivity contribution in [2.45, 2.75) is 19.8 Å². The van der Waals surface area contributed by atoms with E-state index >= 15 is 0 Å². The zero-order chi connectivity index (χ0) is 9.80. The fourth-order valence-corrected chi connectivity index (χ4v) is 1.69. The standard InChI is InChI=1S/C13H15N/c1-11-7-8-14-13(9-11)10-12-5-3-2-4-6-12/h2-6,8-9,11H,7,10H2,1H3. The second-order valence-corrected chi connectivity index (χ2v) is 3.85. The monoisotopic (exact) mass is 185 g/mol. The molecule has 0 bridgehead atoms. The van der Waals surface area contributed by atoms with E-state index in [1.54, 1.807) is 0 Å². The molecule has 14 heavy (non-hydrogen) atoms. The van der Waals surface area contributed by atoms with E-state index in [0.717, 1.165) is 12.8 Å². The fraction of sp³-hybridized carbons (Fsp3) is 0.308. The van der Waals surface area contributed by atoms with E-state index in [0.29, 0.717) is 5.92 Å². The van der Waals surface area contributed by atoms with Gasteiger partial charge in [0, 0.05) is 18.3 Å². The first-order chi connectivity index (χ1) is 6.84. The average Bonchev–Trinajstić information content (AvgIpc) is 2.19. The number of allylic oxidation sites excluding steroid dienone is 2. The summed E-state index contributed by atoms with van der Waals surface area (Å²) >= 11 is 0. The number of aliphatic imine (C=N–C) groups is 1. The Morgan fingerprint density at radius 3 is 2.79 bits per heavy atom. The minimum atomic E-state index is 0.645. The van der Waals surface area contributed by atoms with Gasteiger partial charge in [-0.1, -0.05) is 43.3 Å². The molecule has 1 heteroatoms. The van der Waals surface area contributed by atoms with Gasteiger partial charge in [0.15, 0.2) is 0 Å². The van der Waals surface area contributed by atoms with E-state index in [9.17, 15) is 0 Å². The maximum Gasteiger partial charge on any atom is 0.0406 e. The molecule has 0 N–H and O–H groups in total. The first kappa shape index (κ1) is 9.20. The van der Waals surface area contributed by atoms with Crippen LogP contribution in [-0.2, 0) is 6.42 Å². The molecule has 1 aliphatic heterocycles. The summed E-state index contributed by atoms with van der Waals surface area (Å²) in [4.78, 5) is 4.41. The van der Waals surface area contributed by atoms with Gasteiger partial charge in [-0.15, -0.1) is 0 Å². The van der Waals surface area contributed by atoms with Gasteiger partial charge >= 0.3 is 0 Å². The van der Waals surface area contributed by atoms with Crippen molar-refractivity contribution < 1.29 is 0 Å². The van der Waals surface area contributed by atoms with Crippen LogP contribution in [0.4, 0.5) is 0 Å². The molecule has 1 aromatic carbocycles. The summed E-state index contributed by atoms with van der Waals surface area (Å²) in [7, 11) is 0. The number of hydrogen-bond acceptors (Lipinski definition) is 1. The second kappa shape index (κ2) is 4.23. The van der Waals surface area contributed by atoms with Crippen LogP contribution < -0.4 is 0 Å². The molecule has 0 radical (unpaired) electrons. The molecule has 0 aromatic heterocycles. The molecule has 0 amide bonds. The third-order valence-corrected chi connectivity index (χ3v) is 2.44. The summed E-state index contributed by atoms with van der Waals surface area (Å²) < 4.78 is 0. The lowest BCUT2D eigenvalue weighted by Crippen LogP contribution is -2.00. The van der Waals surface area contributed by atoms with Gasteiger partial charge in [-0.3, -0.25) is 4.99 Å². The van der Waals surface area contributed by atoms with Crippen molar-refractivity contribution in [3.63, 3.8) is 0 Å². The van der Waals surface area contributed by atoms with Crippen LogP contribution in [0.15, 0.2) is 47.1 Å². The maximum absolute atomic E-state index is 4.41. The van der Waals surface area contributed by atoms with Gasteiger partial charge in [0.2, 0.25) is 0 Å². The van der Waals surface area contributed by atoms with E-state index in [4.69, 9.17) is 0 Å². The smallest absolute Gasteiger partial charge is 0.0406 e. The highest BCUT2D eigenvalue weighted by Crippen LogP contribution is 2.16. The van der Waals surface area contributed by atoms with E-state index in [-0.39, 0.29) is 0 Å². The van der Waals surface area contributed by atoms with Crippen molar-refractivity contribution in [1.82, 2.24) is 0 Å². The van der Waals surface area contributed by atoms with Crippen molar-refractivity contribution in [3.05, 3.63) is 47.7 Å². The lowest BCUT2D eigenvalue weighted by atomic mass is 10.0. The van der Waals surface area contributed by atoms with Crippen LogP contribution in [0, 0.1) is 5.92 Å². The lowest BCUT2D eigenvalue weighted by Gasteiger charge is -2.11. The summed E-state index contributed by atoms with van der Waals surface area (Å²) in [5.41, 5.74) is 2.54. The molecule has 1 unspecified atom stereocenters. The Kier molecular flexibility index (Phi) is 2.78. The summed E-state index contributed by atoms with van der Waals surface area (Å²) in [6, 6.07) is 10.5. The highest BCUT2D eigenvalue weighted by molar-refractivity contribution is 5.61. The second-order valence-electron chi connectivity index (χ2n) is 3.85. The molecule has 0 fully saturated rings. The predicted octanol–water partition coefficient (Wildman–Crippen LogP) is 3.22. The third kappa shape index (κ3) is 2.32. The van der Waals surface area contributed by atoms with Gasteiger partial charge in [0.1, 0.15) is 0 Å². The Balaban J connectivity index is 2.08. The van der Waals surface area contributed by atoms with Crippen molar-refractivity contribution in [1.29, 1.82) is 0 Å². The Hall–Kier alpha value is -1.37. The first-order valence-corrected chi connectivity index (χ1v) is 5.12. The summed E-state index contributed by atoms with van der Waals surface area (Å²) in [6.07, 6.45) is 6.34. The summed E-state index contributed by atoms with van der Waals surface area (Å²) in [5.74, 6) is 0.645. The minimum absolute atomic E-state index is 0.645. The zero-order valence-electron chi connectivity index (χ0n) is 8.48. The Bertz CT molecular complexity index is 349. The van der Waals surface area contributed by atoms with Crippen molar-refractivity contribution in [2.24, 2.45) is 10.9 Å². The Labute approximate surface area is 85.2 Å². The third-order valence-electron chi connectivity index (χ3n) is 2.44. The van der Waals surface area contributed by atoms with Crippen LogP contribution in [0.1, 0.15) is 18.9 Å². The molecule has 1 aliphatic rings. The van der Waals surface area contributed by atoms with Crippen molar-refractivity contribution in [3.8, 4) is 0 Å². The van der Waals surface area contributed by atoms with E-state index in [1.165, 1.54) is 11.3 Å². The average molecular weight is 185 g/mol. The van der Waals surface area contributed by atoms with Gasteiger partial charge in [-0.25, -0.2) is 0 Å². The number of hydrogen-bond donors (Lipinski definition) is 0. The largest absolute Gasteiger partial charge is 0.266 e. The summed E-state index contributed by atoms with van der Waals surface area (Å²) in [6.45, 7) is 2.23. The first-order valence-electron chi connectivity index (χ1n) is 5.12. The molecular formula is C13H15N. The highest BCUT2D eigenvalue weighted by Gasteiger charge is 2.05. The molecule has 0 spiro atoms. The van der Waals surface area contributed by atoms with Gasteiger partial charge < -0.3 is 0 Å². The molecular weight excluding hydrogens is 170 g/mol. The van der Waals surface area contributed by atoms with Crippen molar-refractivity contribution in [2.75, 3.05) is 0 Å². The predicted molar refractivity (Wildman–Crippen MR) is 60.5 cm³/mol. The molecule has 72 valence electrons. The van der Waals surface area contributed by atoms with E-state index in [2.05, 4.69) is 42.3 Å². The molecule has 1 nitrogen and oxygen atoms in total. The van der Waals surface area contributed by atoms with Gasteiger partial charge in [-0.2, -0.15) is 0 Å². The number of benzene rings is 1. The van der Waals surface area contributed by atoms with Crippen LogP contribution in [0.3, 0.4) is 0 Å². The van der Waals surface area contributed by atoms with Crippen LogP contribution >= 0.6 is 0 Å². The van der Waals surface area contributed by atoms with Gasteiger partial charge in [0.05, 0.1) is 0 Å². The molecule has 1 heterocycles. The Morgan fingerprint density at radius 2 is 2.07 bits per heavy atom. The fourth-order valence-electron chi connectivity index (χ4n) is 1.69. The zero-order valence-corrected chi connectivity index (χ0v) is 8.48. The van der Waals surface area contributed by atoms with E-state index in [1.807, 2.05) is 12.3 Å². The number of nitrogens with zero attached hydrogens (tertiary/aromatic N) is 1. The summed E-state index contributed by atoms with van der Waals surface area (Å²) in [5, 5.41) is 0. The van der Waals surface area contributed by atoms with Crippen molar-refractivity contribution >= 4 is 6.21 Å². The lowest BCUT2D eigenvalue weighted by molar-refractivity contribution is 0.747. The Morgan fingerprint density at radius 1 is 1.29 bits per heavy atom. The maximum atomic E-state index is 4.41.